The summed E-state index contributed by atoms with van der Waals surface area (Å²) in [4.78, 5) is 5.16. The molecule has 3 rings (SSSR count). The lowest BCUT2D eigenvalue weighted by atomic mass is 9.86. The van der Waals surface area contributed by atoms with Crippen molar-refractivity contribution in [2.45, 2.75) is 12.8 Å². The minimum absolute atomic E-state index is 0.812. The SMILES string of the molecule is ClC1=CC[C@@H]2CN(CCN3CCOCC3)C[C@H]2C1. The first-order valence-electron chi connectivity index (χ1n) is 7.18. The summed E-state index contributed by atoms with van der Waals surface area (Å²) in [5.41, 5.74) is 0. The molecule has 0 aromatic heterocycles. The van der Waals surface area contributed by atoms with Crippen LogP contribution < -0.4 is 0 Å². The second-order valence-corrected chi connectivity index (χ2v) is 6.31. The molecule has 2 aliphatic heterocycles. The fraction of sp³-hybridized carbons (Fsp3) is 0.857. The Morgan fingerprint density at radius 1 is 1.11 bits per heavy atom. The van der Waals surface area contributed by atoms with Gasteiger partial charge in [-0.15, -0.1) is 0 Å². The van der Waals surface area contributed by atoms with Gasteiger partial charge in [-0.05, 0) is 24.7 Å². The monoisotopic (exact) mass is 270 g/mol. The zero-order chi connectivity index (χ0) is 12.4. The third kappa shape index (κ3) is 3.08. The van der Waals surface area contributed by atoms with Crippen molar-refractivity contribution in [1.82, 2.24) is 9.80 Å². The third-order valence-electron chi connectivity index (χ3n) is 4.59. The van der Waals surface area contributed by atoms with E-state index in [9.17, 15) is 0 Å². The van der Waals surface area contributed by atoms with Crippen LogP contribution in [0.15, 0.2) is 11.1 Å². The second kappa shape index (κ2) is 5.91. The summed E-state index contributed by atoms with van der Waals surface area (Å²) in [6.07, 6.45) is 4.53. The molecule has 2 saturated heterocycles. The molecule has 1 aliphatic carbocycles. The molecule has 0 amide bonds. The van der Waals surface area contributed by atoms with E-state index in [2.05, 4.69) is 15.9 Å². The minimum atomic E-state index is 0.812. The van der Waals surface area contributed by atoms with Gasteiger partial charge in [0.1, 0.15) is 0 Å². The third-order valence-corrected chi connectivity index (χ3v) is 4.90. The van der Waals surface area contributed by atoms with Crippen LogP contribution in [0.5, 0.6) is 0 Å². The molecule has 0 bridgehead atoms. The lowest BCUT2D eigenvalue weighted by Crippen LogP contribution is -2.41. The summed E-state index contributed by atoms with van der Waals surface area (Å²) >= 11 is 6.15. The molecular formula is C14H23ClN2O. The Balaban J connectivity index is 1.43. The number of nitrogens with zero attached hydrogens (tertiary/aromatic N) is 2. The maximum atomic E-state index is 6.15. The standard InChI is InChI=1S/C14H23ClN2O/c15-14-2-1-12-10-17(11-13(12)9-14)4-3-16-5-7-18-8-6-16/h2,12-13H,1,3-11H2/t12-,13-/m1/s1. The first-order chi connectivity index (χ1) is 8.81. The van der Waals surface area contributed by atoms with Gasteiger partial charge in [0.15, 0.2) is 0 Å². The summed E-state index contributed by atoms with van der Waals surface area (Å²) in [5.74, 6) is 1.67. The number of halogens is 1. The van der Waals surface area contributed by atoms with Crippen molar-refractivity contribution in [3.8, 4) is 0 Å². The van der Waals surface area contributed by atoms with E-state index < -0.39 is 0 Å². The van der Waals surface area contributed by atoms with Crippen LogP contribution in [-0.2, 0) is 4.74 Å². The molecule has 102 valence electrons. The van der Waals surface area contributed by atoms with Gasteiger partial charge in [-0.2, -0.15) is 0 Å². The first kappa shape index (κ1) is 12.9. The van der Waals surface area contributed by atoms with Gasteiger partial charge in [0.2, 0.25) is 0 Å². The van der Waals surface area contributed by atoms with Crippen molar-refractivity contribution in [3.05, 3.63) is 11.1 Å². The average molecular weight is 271 g/mol. The molecule has 0 saturated carbocycles. The molecule has 2 heterocycles. The number of ether oxygens (including phenoxy) is 1. The topological polar surface area (TPSA) is 15.7 Å². The molecule has 4 heteroatoms. The smallest absolute Gasteiger partial charge is 0.0594 e. The van der Waals surface area contributed by atoms with Crippen LogP contribution in [0, 0.1) is 11.8 Å². The Labute approximate surface area is 115 Å². The van der Waals surface area contributed by atoms with E-state index in [-0.39, 0.29) is 0 Å². The Kier molecular flexibility index (Phi) is 4.24. The molecule has 0 aromatic carbocycles. The minimum Gasteiger partial charge on any atom is -0.379 e. The lowest BCUT2D eigenvalue weighted by Gasteiger charge is -2.28. The number of allylic oxidation sites excluding steroid dienone is 2. The van der Waals surface area contributed by atoms with Crippen LogP contribution in [0.4, 0.5) is 0 Å². The fourth-order valence-corrected chi connectivity index (χ4v) is 3.72. The van der Waals surface area contributed by atoms with Gasteiger partial charge in [-0.25, -0.2) is 0 Å². The molecule has 3 nitrogen and oxygen atoms in total. The van der Waals surface area contributed by atoms with E-state index in [1.165, 1.54) is 32.6 Å². The highest BCUT2D eigenvalue weighted by Gasteiger charge is 2.34. The molecule has 18 heavy (non-hydrogen) atoms. The van der Waals surface area contributed by atoms with Crippen molar-refractivity contribution < 1.29 is 4.74 Å². The average Bonchev–Trinajstić information content (AvgIpc) is 2.79. The van der Waals surface area contributed by atoms with Crippen molar-refractivity contribution in [2.75, 3.05) is 52.5 Å². The quantitative estimate of drug-likeness (QED) is 0.778. The number of hydrogen-bond acceptors (Lipinski definition) is 3. The van der Waals surface area contributed by atoms with E-state index >= 15 is 0 Å². The largest absolute Gasteiger partial charge is 0.379 e. The zero-order valence-electron chi connectivity index (χ0n) is 11.0. The summed E-state index contributed by atoms with van der Waals surface area (Å²) in [6, 6.07) is 0. The van der Waals surface area contributed by atoms with Gasteiger partial charge >= 0.3 is 0 Å². The first-order valence-corrected chi connectivity index (χ1v) is 7.56. The Hall–Kier alpha value is -0.0900. The summed E-state index contributed by atoms with van der Waals surface area (Å²) in [7, 11) is 0. The molecule has 0 spiro atoms. The van der Waals surface area contributed by atoms with Crippen LogP contribution >= 0.6 is 11.6 Å². The fourth-order valence-electron chi connectivity index (χ4n) is 3.44. The summed E-state index contributed by atoms with van der Waals surface area (Å²) in [5, 5.41) is 1.09. The normalized spacial score (nSPS) is 34.4. The molecule has 3 aliphatic rings. The maximum absolute atomic E-state index is 6.15. The molecule has 0 unspecified atom stereocenters. The van der Waals surface area contributed by atoms with Gasteiger partial charge < -0.3 is 9.64 Å². The van der Waals surface area contributed by atoms with Gasteiger partial charge in [0.05, 0.1) is 13.2 Å². The van der Waals surface area contributed by atoms with Crippen LogP contribution in [0.3, 0.4) is 0 Å². The van der Waals surface area contributed by atoms with Crippen LogP contribution in [0.2, 0.25) is 0 Å². The Morgan fingerprint density at radius 3 is 2.67 bits per heavy atom. The predicted octanol–water partition coefficient (Wildman–Crippen LogP) is 1.78. The molecule has 0 aromatic rings. The number of likely N-dealkylation sites (tertiary alicyclic amines) is 1. The van der Waals surface area contributed by atoms with Gasteiger partial charge in [0.25, 0.3) is 0 Å². The summed E-state index contributed by atoms with van der Waals surface area (Å²) < 4.78 is 5.38. The molecule has 2 fully saturated rings. The number of rotatable bonds is 3. The van der Waals surface area contributed by atoms with Crippen LogP contribution in [0.25, 0.3) is 0 Å². The van der Waals surface area contributed by atoms with Gasteiger partial charge in [0, 0.05) is 44.3 Å². The Morgan fingerprint density at radius 2 is 1.83 bits per heavy atom. The molecular weight excluding hydrogens is 248 g/mol. The second-order valence-electron chi connectivity index (χ2n) is 5.82. The van der Waals surface area contributed by atoms with E-state index in [0.29, 0.717) is 0 Å². The van der Waals surface area contributed by atoms with E-state index in [4.69, 9.17) is 16.3 Å². The number of fused-ring (bicyclic) bond motifs is 1. The van der Waals surface area contributed by atoms with E-state index in [1.54, 1.807) is 0 Å². The number of hydrogen-bond donors (Lipinski definition) is 0. The summed E-state index contributed by atoms with van der Waals surface area (Å²) in [6.45, 7) is 8.96. The van der Waals surface area contributed by atoms with Crippen molar-refractivity contribution >= 4 is 11.6 Å². The van der Waals surface area contributed by atoms with Crippen LogP contribution in [-0.4, -0.2) is 62.3 Å². The lowest BCUT2D eigenvalue weighted by molar-refractivity contribution is 0.0342. The number of morpholine rings is 1. The highest BCUT2D eigenvalue weighted by atomic mass is 35.5. The van der Waals surface area contributed by atoms with Crippen molar-refractivity contribution in [1.29, 1.82) is 0 Å². The highest BCUT2D eigenvalue weighted by Crippen LogP contribution is 2.36. The predicted molar refractivity (Wildman–Crippen MR) is 73.8 cm³/mol. The zero-order valence-corrected chi connectivity index (χ0v) is 11.7. The highest BCUT2D eigenvalue weighted by molar-refractivity contribution is 6.29. The van der Waals surface area contributed by atoms with Crippen molar-refractivity contribution in [3.63, 3.8) is 0 Å². The molecule has 0 radical (unpaired) electrons. The van der Waals surface area contributed by atoms with Gasteiger partial charge in [-0.3, -0.25) is 4.90 Å². The van der Waals surface area contributed by atoms with Gasteiger partial charge in [-0.1, -0.05) is 17.7 Å². The van der Waals surface area contributed by atoms with E-state index in [0.717, 1.165) is 49.6 Å². The molecule has 0 N–H and O–H groups in total. The Bertz CT molecular complexity index is 315. The van der Waals surface area contributed by atoms with Crippen LogP contribution in [0.1, 0.15) is 12.8 Å². The van der Waals surface area contributed by atoms with Crippen molar-refractivity contribution in [2.24, 2.45) is 11.8 Å². The van der Waals surface area contributed by atoms with E-state index in [1.807, 2.05) is 0 Å². The maximum Gasteiger partial charge on any atom is 0.0594 e. The molecule has 2 atom stereocenters.